The van der Waals surface area contributed by atoms with Crippen molar-refractivity contribution in [2.24, 2.45) is 0 Å². The van der Waals surface area contributed by atoms with E-state index in [1.54, 1.807) is 25.3 Å². The molecular weight excluding hydrogens is 323 g/mol. The second-order valence-corrected chi connectivity index (χ2v) is 5.64. The molecule has 0 amide bonds. The summed E-state index contributed by atoms with van der Waals surface area (Å²) in [6, 6.07) is 9.12. The van der Waals surface area contributed by atoms with Crippen molar-refractivity contribution in [3.8, 4) is 22.9 Å². The number of aryl methyl sites for hydroxylation is 1. The number of benzene rings is 1. The fourth-order valence-corrected chi connectivity index (χ4v) is 2.54. The molecule has 0 saturated heterocycles. The summed E-state index contributed by atoms with van der Waals surface area (Å²) in [4.78, 5) is 12.5. The molecule has 1 N–H and O–H groups in total. The van der Waals surface area contributed by atoms with Crippen molar-refractivity contribution in [1.82, 2.24) is 15.0 Å². The van der Waals surface area contributed by atoms with Gasteiger partial charge in [0, 0.05) is 30.1 Å². The van der Waals surface area contributed by atoms with E-state index in [2.05, 4.69) is 20.3 Å². The average molecular weight is 338 g/mol. The van der Waals surface area contributed by atoms with Crippen LogP contribution in [0.15, 0.2) is 42.7 Å². The quantitative estimate of drug-likeness (QED) is 0.736. The predicted octanol–water partition coefficient (Wildman–Crippen LogP) is 3.33. The van der Waals surface area contributed by atoms with E-state index in [-0.39, 0.29) is 6.79 Å². The number of hydrogen-bond acceptors (Lipinski definition) is 6. The van der Waals surface area contributed by atoms with Gasteiger partial charge in [-0.25, -0.2) is 15.0 Å². The molecule has 0 atom stereocenters. The van der Waals surface area contributed by atoms with E-state index in [1.807, 2.05) is 18.2 Å². The number of halogens is 1. The minimum atomic E-state index is -0.448. The zero-order valence-electron chi connectivity index (χ0n) is 13.5. The summed E-state index contributed by atoms with van der Waals surface area (Å²) in [5.41, 5.74) is 2.23. The van der Waals surface area contributed by atoms with Crippen molar-refractivity contribution in [2.75, 3.05) is 12.1 Å². The first-order valence-electron chi connectivity index (χ1n) is 7.77. The zero-order chi connectivity index (χ0) is 17.2. The van der Waals surface area contributed by atoms with E-state index in [4.69, 9.17) is 9.47 Å². The minimum absolute atomic E-state index is 0.229. The van der Waals surface area contributed by atoms with Crippen LogP contribution in [-0.2, 0) is 6.54 Å². The molecule has 0 aliphatic carbocycles. The molecule has 0 saturated carbocycles. The topological polar surface area (TPSA) is 69.2 Å². The number of ether oxygens (including phenoxy) is 2. The molecule has 0 unspecified atom stereocenters. The zero-order valence-corrected chi connectivity index (χ0v) is 13.5. The predicted molar refractivity (Wildman–Crippen MR) is 89.8 cm³/mol. The van der Waals surface area contributed by atoms with Gasteiger partial charge in [0.05, 0.1) is 0 Å². The highest BCUT2D eigenvalue weighted by Crippen LogP contribution is 2.35. The molecule has 2 aromatic heterocycles. The minimum Gasteiger partial charge on any atom is -0.454 e. The summed E-state index contributed by atoms with van der Waals surface area (Å²) in [5.74, 6) is 2.21. The lowest BCUT2D eigenvalue weighted by atomic mass is 10.2. The molecular formula is C18H15FN4O2. The molecule has 6 nitrogen and oxygen atoms in total. The molecule has 126 valence electrons. The molecule has 1 aromatic carbocycles. The van der Waals surface area contributed by atoms with Gasteiger partial charge in [-0.3, -0.25) is 0 Å². The monoisotopic (exact) mass is 338 g/mol. The number of nitrogens with zero attached hydrogens (tertiary/aromatic N) is 3. The number of fused-ring (bicyclic) bond motifs is 1. The first-order valence-corrected chi connectivity index (χ1v) is 7.77. The fourth-order valence-electron chi connectivity index (χ4n) is 2.54. The molecule has 7 heteroatoms. The van der Waals surface area contributed by atoms with Crippen LogP contribution in [0.1, 0.15) is 11.1 Å². The van der Waals surface area contributed by atoms with Crippen molar-refractivity contribution < 1.29 is 13.9 Å². The Balaban J connectivity index is 1.52. The Kier molecular flexibility index (Phi) is 3.89. The number of rotatable bonds is 4. The van der Waals surface area contributed by atoms with Gasteiger partial charge in [0.25, 0.3) is 0 Å². The SMILES string of the molecule is Cc1cc(CNc2ccnc(-c3ccc4c(c3)OCO4)n2)cnc1F. The second kappa shape index (κ2) is 6.35. The Labute approximate surface area is 143 Å². The highest BCUT2D eigenvalue weighted by molar-refractivity contribution is 5.62. The molecule has 25 heavy (non-hydrogen) atoms. The average Bonchev–Trinajstić information content (AvgIpc) is 3.11. The smallest absolute Gasteiger partial charge is 0.231 e. The molecule has 0 spiro atoms. The van der Waals surface area contributed by atoms with Crippen molar-refractivity contribution in [3.63, 3.8) is 0 Å². The molecule has 1 aliphatic rings. The van der Waals surface area contributed by atoms with E-state index < -0.39 is 5.95 Å². The fraction of sp³-hybridized carbons (Fsp3) is 0.167. The summed E-state index contributed by atoms with van der Waals surface area (Å²) in [6.45, 7) is 2.41. The Morgan fingerprint density at radius 1 is 1.12 bits per heavy atom. The van der Waals surface area contributed by atoms with E-state index in [9.17, 15) is 4.39 Å². The maximum absolute atomic E-state index is 13.2. The number of anilines is 1. The van der Waals surface area contributed by atoms with Crippen LogP contribution in [0.5, 0.6) is 11.5 Å². The molecule has 4 rings (SSSR count). The number of nitrogens with one attached hydrogen (secondary N) is 1. The van der Waals surface area contributed by atoms with Crippen molar-refractivity contribution in [2.45, 2.75) is 13.5 Å². The number of aromatic nitrogens is 3. The highest BCUT2D eigenvalue weighted by Gasteiger charge is 2.15. The normalized spacial score (nSPS) is 12.2. The Morgan fingerprint density at radius 2 is 2.00 bits per heavy atom. The van der Waals surface area contributed by atoms with Crippen LogP contribution in [-0.4, -0.2) is 21.7 Å². The summed E-state index contributed by atoms with van der Waals surface area (Å²) in [5, 5.41) is 3.20. The Bertz CT molecular complexity index is 933. The van der Waals surface area contributed by atoms with E-state index in [0.29, 0.717) is 29.5 Å². The van der Waals surface area contributed by atoms with Gasteiger partial charge in [0.15, 0.2) is 17.3 Å². The first-order chi connectivity index (χ1) is 12.2. The summed E-state index contributed by atoms with van der Waals surface area (Å²) in [6.07, 6.45) is 3.19. The molecule has 1 aliphatic heterocycles. The lowest BCUT2D eigenvalue weighted by Crippen LogP contribution is -2.04. The van der Waals surface area contributed by atoms with Gasteiger partial charge in [0.1, 0.15) is 5.82 Å². The highest BCUT2D eigenvalue weighted by atomic mass is 19.1. The molecule has 0 radical (unpaired) electrons. The van der Waals surface area contributed by atoms with E-state index >= 15 is 0 Å². The van der Waals surface area contributed by atoms with Gasteiger partial charge in [-0.05, 0) is 42.8 Å². The van der Waals surface area contributed by atoms with E-state index in [0.717, 1.165) is 16.9 Å². The maximum Gasteiger partial charge on any atom is 0.231 e. The third-order valence-electron chi connectivity index (χ3n) is 3.83. The molecule has 0 bridgehead atoms. The molecule has 3 heterocycles. The third-order valence-corrected chi connectivity index (χ3v) is 3.83. The lowest BCUT2D eigenvalue weighted by Gasteiger charge is -2.08. The van der Waals surface area contributed by atoms with Crippen LogP contribution in [0.25, 0.3) is 11.4 Å². The van der Waals surface area contributed by atoms with Crippen LogP contribution >= 0.6 is 0 Å². The number of hydrogen-bond donors (Lipinski definition) is 1. The van der Waals surface area contributed by atoms with Crippen LogP contribution in [0.4, 0.5) is 10.2 Å². The van der Waals surface area contributed by atoms with Crippen molar-refractivity contribution in [3.05, 3.63) is 59.8 Å². The molecule has 0 fully saturated rings. The van der Waals surface area contributed by atoms with Gasteiger partial charge in [-0.15, -0.1) is 0 Å². The number of pyridine rings is 1. The lowest BCUT2D eigenvalue weighted by molar-refractivity contribution is 0.174. The Morgan fingerprint density at radius 3 is 2.88 bits per heavy atom. The van der Waals surface area contributed by atoms with Gasteiger partial charge in [-0.2, -0.15) is 4.39 Å². The Hall–Kier alpha value is -3.22. The second-order valence-electron chi connectivity index (χ2n) is 5.64. The third kappa shape index (κ3) is 3.21. The van der Waals surface area contributed by atoms with Gasteiger partial charge >= 0.3 is 0 Å². The van der Waals surface area contributed by atoms with Gasteiger partial charge < -0.3 is 14.8 Å². The van der Waals surface area contributed by atoms with Gasteiger partial charge in [0.2, 0.25) is 12.7 Å². The maximum atomic E-state index is 13.2. The largest absolute Gasteiger partial charge is 0.454 e. The van der Waals surface area contributed by atoms with Crippen LogP contribution in [0, 0.1) is 12.9 Å². The van der Waals surface area contributed by atoms with Crippen LogP contribution < -0.4 is 14.8 Å². The summed E-state index contributed by atoms with van der Waals surface area (Å²) in [7, 11) is 0. The molecule has 3 aromatic rings. The summed E-state index contributed by atoms with van der Waals surface area (Å²) < 4.78 is 23.9. The van der Waals surface area contributed by atoms with Gasteiger partial charge in [-0.1, -0.05) is 0 Å². The first kappa shape index (κ1) is 15.3. The van der Waals surface area contributed by atoms with Crippen LogP contribution in [0.3, 0.4) is 0 Å². The van der Waals surface area contributed by atoms with Crippen molar-refractivity contribution in [1.29, 1.82) is 0 Å². The summed E-state index contributed by atoms with van der Waals surface area (Å²) >= 11 is 0. The van der Waals surface area contributed by atoms with E-state index in [1.165, 1.54) is 6.20 Å². The van der Waals surface area contributed by atoms with Crippen molar-refractivity contribution >= 4 is 5.82 Å². The van der Waals surface area contributed by atoms with Crippen LogP contribution in [0.2, 0.25) is 0 Å². The standard InChI is InChI=1S/C18H15FN4O2/c1-11-6-12(9-22-17(11)19)8-21-16-4-5-20-18(23-16)13-2-3-14-15(7-13)25-10-24-14/h2-7,9H,8,10H2,1H3,(H,20,21,23).